The quantitative estimate of drug-likeness (QED) is 0.771. The first-order valence-electron chi connectivity index (χ1n) is 9.47. The zero-order chi connectivity index (χ0) is 17.5. The van der Waals surface area contributed by atoms with Gasteiger partial charge in [-0.2, -0.15) is 9.61 Å². The van der Waals surface area contributed by atoms with E-state index in [1.54, 1.807) is 0 Å². The number of rotatable bonds is 4. The molecule has 8 nitrogen and oxygen atoms in total. The van der Waals surface area contributed by atoms with Gasteiger partial charge in [-0.1, -0.05) is 0 Å². The van der Waals surface area contributed by atoms with E-state index >= 15 is 0 Å². The lowest BCUT2D eigenvalue weighted by atomic mass is 9.96. The van der Waals surface area contributed by atoms with E-state index in [9.17, 15) is 0 Å². The van der Waals surface area contributed by atoms with Gasteiger partial charge in [0.05, 0.1) is 5.69 Å². The fourth-order valence-corrected chi connectivity index (χ4v) is 3.90. The van der Waals surface area contributed by atoms with Crippen molar-refractivity contribution in [1.29, 1.82) is 0 Å². The van der Waals surface area contributed by atoms with E-state index in [1.165, 1.54) is 6.42 Å². The van der Waals surface area contributed by atoms with Crippen molar-refractivity contribution < 1.29 is 0 Å². The highest BCUT2D eigenvalue weighted by Gasteiger charge is 2.26. The summed E-state index contributed by atoms with van der Waals surface area (Å²) in [6.07, 6.45) is 3.42. The Morgan fingerprint density at radius 2 is 1.96 bits per heavy atom. The zero-order valence-corrected chi connectivity index (χ0v) is 15.1. The monoisotopic (exact) mass is 352 g/mol. The molecule has 0 amide bonds. The highest BCUT2D eigenvalue weighted by atomic mass is 15.4. The standard InChI is InChI=1S/C18H24N8/c1-13-11-15(20-19-13)12-24-9-5-14(6-10-24)18-22-21-16-3-4-17(23-26(16)18)25-7-2-8-25/h3-4,11,14H,2,5-10,12H2,1H3,(H,19,20). The molecule has 2 aliphatic rings. The number of fused-ring (bicyclic) bond motifs is 1. The second-order valence-corrected chi connectivity index (χ2v) is 7.45. The van der Waals surface area contributed by atoms with Gasteiger partial charge in [0.25, 0.3) is 0 Å². The van der Waals surface area contributed by atoms with Gasteiger partial charge in [-0.15, -0.1) is 15.3 Å². The summed E-state index contributed by atoms with van der Waals surface area (Å²) in [5.74, 6) is 2.47. The van der Waals surface area contributed by atoms with Crippen LogP contribution in [0, 0.1) is 6.92 Å². The van der Waals surface area contributed by atoms with Crippen LogP contribution in [0.4, 0.5) is 5.82 Å². The molecule has 2 fully saturated rings. The maximum absolute atomic E-state index is 4.81. The molecule has 2 saturated heterocycles. The fraction of sp³-hybridized carbons (Fsp3) is 0.556. The molecule has 3 aromatic heterocycles. The average molecular weight is 352 g/mol. The summed E-state index contributed by atoms with van der Waals surface area (Å²) in [6.45, 7) is 7.26. The van der Waals surface area contributed by atoms with Gasteiger partial charge in [0.1, 0.15) is 5.82 Å². The summed E-state index contributed by atoms with van der Waals surface area (Å²) < 4.78 is 1.96. The van der Waals surface area contributed by atoms with Gasteiger partial charge >= 0.3 is 0 Å². The van der Waals surface area contributed by atoms with Crippen LogP contribution in [0.15, 0.2) is 18.2 Å². The van der Waals surface area contributed by atoms with Crippen LogP contribution < -0.4 is 4.90 Å². The Labute approximate surface area is 152 Å². The van der Waals surface area contributed by atoms with Crippen LogP contribution >= 0.6 is 0 Å². The number of aromatic amines is 1. The molecule has 0 radical (unpaired) electrons. The number of hydrogen-bond acceptors (Lipinski definition) is 6. The molecule has 0 aromatic carbocycles. The molecule has 0 aliphatic carbocycles. The van der Waals surface area contributed by atoms with Crippen molar-refractivity contribution in [3.8, 4) is 0 Å². The maximum atomic E-state index is 4.81. The molecule has 5 heterocycles. The van der Waals surface area contributed by atoms with E-state index in [2.05, 4.69) is 42.3 Å². The first-order chi connectivity index (χ1) is 12.8. The summed E-state index contributed by atoms with van der Waals surface area (Å²) in [7, 11) is 0. The summed E-state index contributed by atoms with van der Waals surface area (Å²) in [5, 5.41) is 21.0. The topological polar surface area (TPSA) is 78.2 Å². The van der Waals surface area contributed by atoms with Gasteiger partial charge in [-0.25, -0.2) is 0 Å². The Kier molecular flexibility index (Phi) is 3.85. The van der Waals surface area contributed by atoms with Crippen molar-refractivity contribution in [1.82, 2.24) is 34.9 Å². The Balaban J connectivity index is 1.30. The number of nitrogens with one attached hydrogen (secondary N) is 1. The minimum atomic E-state index is 0.418. The largest absolute Gasteiger partial charge is 0.355 e. The Bertz CT molecular complexity index is 901. The van der Waals surface area contributed by atoms with Gasteiger partial charge in [-0.05, 0) is 57.5 Å². The van der Waals surface area contributed by atoms with E-state index in [1.807, 2.05) is 17.5 Å². The summed E-state index contributed by atoms with van der Waals surface area (Å²) in [5.41, 5.74) is 3.09. The van der Waals surface area contributed by atoms with E-state index < -0.39 is 0 Å². The van der Waals surface area contributed by atoms with Crippen LogP contribution in [0.2, 0.25) is 0 Å². The Morgan fingerprint density at radius 1 is 1.12 bits per heavy atom. The molecule has 26 heavy (non-hydrogen) atoms. The number of aromatic nitrogens is 6. The maximum Gasteiger partial charge on any atom is 0.178 e. The Hall–Kier alpha value is -2.48. The molecule has 0 unspecified atom stereocenters. The Morgan fingerprint density at radius 3 is 2.65 bits per heavy atom. The van der Waals surface area contributed by atoms with Gasteiger partial charge < -0.3 is 4.90 Å². The summed E-state index contributed by atoms with van der Waals surface area (Å²) >= 11 is 0. The SMILES string of the molecule is Cc1cc(CN2CCC(c3nnc4ccc(N5CCC5)nn34)CC2)n[nH]1. The second-order valence-electron chi connectivity index (χ2n) is 7.45. The summed E-state index contributed by atoms with van der Waals surface area (Å²) in [6, 6.07) is 6.22. The van der Waals surface area contributed by atoms with Crippen LogP contribution in [0.1, 0.15) is 42.4 Å². The number of hydrogen-bond donors (Lipinski definition) is 1. The minimum absolute atomic E-state index is 0.418. The molecule has 0 spiro atoms. The number of aryl methyl sites for hydroxylation is 1. The predicted molar refractivity (Wildman–Crippen MR) is 98.2 cm³/mol. The van der Waals surface area contributed by atoms with E-state index in [0.717, 1.165) is 74.2 Å². The van der Waals surface area contributed by atoms with E-state index in [-0.39, 0.29) is 0 Å². The highest BCUT2D eigenvalue weighted by molar-refractivity contribution is 5.47. The smallest absolute Gasteiger partial charge is 0.178 e. The molecule has 136 valence electrons. The molecule has 0 atom stereocenters. The molecular formula is C18H24N8. The van der Waals surface area contributed by atoms with Crippen LogP contribution in [0.25, 0.3) is 5.65 Å². The van der Waals surface area contributed by atoms with Gasteiger partial charge in [0, 0.05) is 31.2 Å². The van der Waals surface area contributed by atoms with Gasteiger partial charge in [0.2, 0.25) is 0 Å². The molecule has 1 N–H and O–H groups in total. The lowest BCUT2D eigenvalue weighted by Crippen LogP contribution is -2.38. The predicted octanol–water partition coefficient (Wildman–Crippen LogP) is 1.75. The molecular weight excluding hydrogens is 328 g/mol. The summed E-state index contributed by atoms with van der Waals surface area (Å²) in [4.78, 5) is 4.77. The van der Waals surface area contributed by atoms with Crippen molar-refractivity contribution in [2.45, 2.75) is 38.6 Å². The van der Waals surface area contributed by atoms with Gasteiger partial charge in [0.15, 0.2) is 11.5 Å². The van der Waals surface area contributed by atoms with Crippen molar-refractivity contribution in [2.24, 2.45) is 0 Å². The molecule has 0 bridgehead atoms. The molecule has 0 saturated carbocycles. The zero-order valence-electron chi connectivity index (χ0n) is 15.1. The van der Waals surface area contributed by atoms with E-state index in [4.69, 9.17) is 5.10 Å². The van der Waals surface area contributed by atoms with Crippen LogP contribution in [-0.2, 0) is 6.54 Å². The number of anilines is 1. The van der Waals surface area contributed by atoms with Crippen molar-refractivity contribution >= 4 is 11.5 Å². The minimum Gasteiger partial charge on any atom is -0.355 e. The molecule has 8 heteroatoms. The number of likely N-dealkylation sites (tertiary alicyclic amines) is 1. The van der Waals surface area contributed by atoms with E-state index in [0.29, 0.717) is 5.92 Å². The lowest BCUT2D eigenvalue weighted by molar-refractivity contribution is 0.199. The van der Waals surface area contributed by atoms with Gasteiger partial charge in [-0.3, -0.25) is 10.00 Å². The van der Waals surface area contributed by atoms with Crippen LogP contribution in [0.3, 0.4) is 0 Å². The number of piperidine rings is 1. The third-order valence-electron chi connectivity index (χ3n) is 5.55. The van der Waals surface area contributed by atoms with Crippen LogP contribution in [0.5, 0.6) is 0 Å². The first-order valence-corrected chi connectivity index (χ1v) is 9.47. The first kappa shape index (κ1) is 15.7. The highest BCUT2D eigenvalue weighted by Crippen LogP contribution is 2.28. The third-order valence-corrected chi connectivity index (χ3v) is 5.55. The number of H-pyrrole nitrogens is 1. The molecule has 5 rings (SSSR count). The fourth-order valence-electron chi connectivity index (χ4n) is 3.90. The number of nitrogens with zero attached hydrogens (tertiary/aromatic N) is 7. The van der Waals surface area contributed by atoms with Crippen molar-refractivity contribution in [3.63, 3.8) is 0 Å². The molecule has 3 aromatic rings. The lowest BCUT2D eigenvalue weighted by Gasteiger charge is -2.32. The third kappa shape index (κ3) is 2.84. The van der Waals surface area contributed by atoms with Crippen molar-refractivity contribution in [2.75, 3.05) is 31.1 Å². The second kappa shape index (κ2) is 6.35. The normalized spacial score (nSPS) is 19.2. The van der Waals surface area contributed by atoms with Crippen molar-refractivity contribution in [3.05, 3.63) is 35.4 Å². The molecule has 2 aliphatic heterocycles. The average Bonchev–Trinajstić information content (AvgIpc) is 3.20. The van der Waals surface area contributed by atoms with Crippen LogP contribution in [-0.4, -0.2) is 61.1 Å².